The van der Waals surface area contributed by atoms with E-state index in [0.29, 0.717) is 23.6 Å². The lowest BCUT2D eigenvalue weighted by atomic mass is 9.86. The number of nitriles is 1. The van der Waals surface area contributed by atoms with Crippen LogP contribution in [0.5, 0.6) is 0 Å². The molecule has 1 heterocycles. The molecule has 0 bridgehead atoms. The van der Waals surface area contributed by atoms with E-state index in [0.717, 1.165) is 11.3 Å². The van der Waals surface area contributed by atoms with E-state index in [1.807, 2.05) is 44.2 Å². The van der Waals surface area contributed by atoms with E-state index in [4.69, 9.17) is 9.47 Å². The highest BCUT2D eigenvalue weighted by atomic mass is 16.7. The van der Waals surface area contributed by atoms with E-state index in [-0.39, 0.29) is 24.6 Å². The Morgan fingerprint density at radius 3 is 2.34 bits per heavy atom. The van der Waals surface area contributed by atoms with Crippen LogP contribution in [-0.4, -0.2) is 22.5 Å². The largest absolute Gasteiger partial charge is 0.454 e. The highest BCUT2D eigenvalue weighted by Gasteiger charge is 2.20. The Morgan fingerprint density at radius 2 is 1.83 bits per heavy atom. The van der Waals surface area contributed by atoms with Crippen LogP contribution in [0.3, 0.4) is 0 Å². The van der Waals surface area contributed by atoms with Gasteiger partial charge in [0.05, 0.1) is 5.69 Å². The number of aromatic nitrogens is 2. The predicted octanol–water partition coefficient (Wildman–Crippen LogP) is 4.83. The van der Waals surface area contributed by atoms with Gasteiger partial charge in [0.15, 0.2) is 5.76 Å². The highest BCUT2D eigenvalue weighted by molar-refractivity contribution is 5.94. The Balaban J connectivity index is 2.54. The molecule has 0 spiro atoms. The van der Waals surface area contributed by atoms with Gasteiger partial charge in [0.2, 0.25) is 6.79 Å². The number of carbonyl (C=O) groups is 1. The van der Waals surface area contributed by atoms with Gasteiger partial charge >= 0.3 is 5.97 Å². The number of aryl methyl sites for hydroxylation is 2. The maximum atomic E-state index is 11.5. The van der Waals surface area contributed by atoms with Gasteiger partial charge < -0.3 is 9.47 Å². The Hall–Kier alpha value is -3.07. The first-order valence-corrected chi connectivity index (χ1v) is 9.79. The quantitative estimate of drug-likeness (QED) is 0.290. The number of benzene rings is 1. The van der Waals surface area contributed by atoms with Gasteiger partial charge in [-0.2, -0.15) is 10.4 Å². The van der Waals surface area contributed by atoms with Gasteiger partial charge in [-0.1, -0.05) is 52.0 Å². The van der Waals surface area contributed by atoms with Crippen molar-refractivity contribution < 1.29 is 14.3 Å². The third kappa shape index (κ3) is 5.47. The first-order chi connectivity index (χ1) is 13.7. The number of rotatable bonds is 7. The molecule has 29 heavy (non-hydrogen) atoms. The first-order valence-electron chi connectivity index (χ1n) is 9.79. The smallest absolute Gasteiger partial charge is 0.308 e. The minimum atomic E-state index is -0.363. The molecule has 154 valence electrons. The predicted molar refractivity (Wildman–Crippen MR) is 113 cm³/mol. The van der Waals surface area contributed by atoms with Crippen molar-refractivity contribution in [3.63, 3.8) is 0 Å². The zero-order chi connectivity index (χ0) is 21.6. The maximum Gasteiger partial charge on any atom is 0.308 e. The second-order valence-corrected chi connectivity index (χ2v) is 7.76. The lowest BCUT2D eigenvalue weighted by Gasteiger charge is -2.19. The molecule has 2 rings (SSSR count). The van der Waals surface area contributed by atoms with Crippen LogP contribution in [0.4, 0.5) is 0 Å². The van der Waals surface area contributed by atoms with Crippen molar-refractivity contribution in [3.8, 4) is 6.07 Å². The van der Waals surface area contributed by atoms with Gasteiger partial charge in [-0.3, -0.25) is 9.48 Å². The van der Waals surface area contributed by atoms with Crippen molar-refractivity contribution in [2.24, 2.45) is 0 Å². The van der Waals surface area contributed by atoms with Crippen LogP contribution in [0.25, 0.3) is 11.3 Å². The topological polar surface area (TPSA) is 77.1 Å². The maximum absolute atomic E-state index is 11.5. The van der Waals surface area contributed by atoms with Crippen LogP contribution in [0.1, 0.15) is 63.6 Å². The third-order valence-corrected chi connectivity index (χ3v) is 4.52. The third-order valence-electron chi connectivity index (χ3n) is 4.52. The Labute approximate surface area is 172 Å². The highest BCUT2D eigenvalue weighted by Crippen LogP contribution is 2.30. The van der Waals surface area contributed by atoms with E-state index in [9.17, 15) is 10.1 Å². The molecule has 0 fully saturated rings. The summed E-state index contributed by atoms with van der Waals surface area (Å²) < 4.78 is 12.7. The summed E-state index contributed by atoms with van der Waals surface area (Å²) in [5, 5.41) is 14.4. The average Bonchev–Trinajstić information content (AvgIpc) is 3.07. The van der Waals surface area contributed by atoms with Gasteiger partial charge in [-0.05, 0) is 36.5 Å². The molecule has 0 atom stereocenters. The van der Waals surface area contributed by atoms with Crippen molar-refractivity contribution in [1.82, 2.24) is 9.78 Å². The molecule has 0 saturated carbocycles. The van der Waals surface area contributed by atoms with E-state index in [1.165, 1.54) is 5.56 Å². The lowest BCUT2D eigenvalue weighted by Crippen LogP contribution is -2.11. The Kier molecular flexibility index (Phi) is 7.22. The summed E-state index contributed by atoms with van der Waals surface area (Å²) >= 11 is 0. The normalized spacial score (nSPS) is 12.2. The summed E-state index contributed by atoms with van der Waals surface area (Å²) in [5.74, 6) is -0.0140. The molecule has 0 aliphatic heterocycles. The standard InChI is InChI=1S/C23H29N3O3/c1-7-21(27)28-15-29-22(20-13-16(3)25-26(20)8-2)19(14-24)17-9-11-18(12-10-17)23(4,5)6/h9-13H,7-8,15H2,1-6H3/b22-19-. The molecule has 0 N–H and O–H groups in total. The van der Waals surface area contributed by atoms with Crippen molar-refractivity contribution in [2.45, 2.75) is 59.9 Å². The monoisotopic (exact) mass is 395 g/mol. The number of carbonyl (C=O) groups excluding carboxylic acids is 1. The molecule has 1 aromatic heterocycles. The van der Waals surface area contributed by atoms with Crippen molar-refractivity contribution in [3.05, 3.63) is 52.8 Å². The van der Waals surface area contributed by atoms with Crippen molar-refractivity contribution in [2.75, 3.05) is 6.79 Å². The molecular formula is C23H29N3O3. The Bertz CT molecular complexity index is 926. The second kappa shape index (κ2) is 9.42. The van der Waals surface area contributed by atoms with E-state index < -0.39 is 0 Å². The molecule has 0 saturated heterocycles. The number of esters is 1. The Morgan fingerprint density at radius 1 is 1.17 bits per heavy atom. The average molecular weight is 396 g/mol. The number of hydrogen-bond donors (Lipinski definition) is 0. The SMILES string of the molecule is CCC(=O)OCO/C(=C(/C#N)c1ccc(C(C)(C)C)cc1)c1cc(C)nn1CC. The zero-order valence-corrected chi connectivity index (χ0v) is 18.1. The van der Waals surface area contributed by atoms with Gasteiger partial charge in [0.1, 0.15) is 17.3 Å². The van der Waals surface area contributed by atoms with Crippen LogP contribution in [0.2, 0.25) is 0 Å². The summed E-state index contributed by atoms with van der Waals surface area (Å²) in [6, 6.07) is 12.0. The molecule has 0 radical (unpaired) electrons. The second-order valence-electron chi connectivity index (χ2n) is 7.76. The minimum absolute atomic E-state index is 0.0146. The molecule has 2 aromatic rings. The number of hydrogen-bond acceptors (Lipinski definition) is 5. The molecule has 6 heteroatoms. The number of allylic oxidation sites excluding steroid dienone is 1. The van der Waals surface area contributed by atoms with E-state index in [1.54, 1.807) is 11.6 Å². The van der Waals surface area contributed by atoms with Gasteiger partial charge in [-0.25, -0.2) is 0 Å². The number of ether oxygens (including phenoxy) is 2. The molecule has 0 amide bonds. The van der Waals surface area contributed by atoms with Crippen LogP contribution in [-0.2, 0) is 26.2 Å². The molecule has 0 unspecified atom stereocenters. The van der Waals surface area contributed by atoms with E-state index in [2.05, 4.69) is 31.9 Å². The van der Waals surface area contributed by atoms with Gasteiger partial charge in [0.25, 0.3) is 0 Å². The molecular weight excluding hydrogens is 366 g/mol. The van der Waals surface area contributed by atoms with Crippen molar-refractivity contribution in [1.29, 1.82) is 5.26 Å². The fraction of sp³-hybridized carbons (Fsp3) is 0.435. The summed E-state index contributed by atoms with van der Waals surface area (Å²) in [4.78, 5) is 11.5. The fourth-order valence-corrected chi connectivity index (χ4v) is 2.88. The van der Waals surface area contributed by atoms with Crippen LogP contribution in [0, 0.1) is 18.3 Å². The summed E-state index contributed by atoms with van der Waals surface area (Å²) in [6.07, 6.45) is 0.258. The molecule has 1 aromatic carbocycles. The lowest BCUT2D eigenvalue weighted by molar-refractivity contribution is -0.151. The summed E-state index contributed by atoms with van der Waals surface area (Å²) in [5.41, 5.74) is 3.78. The number of nitrogens with zero attached hydrogens (tertiary/aromatic N) is 3. The molecule has 0 aliphatic rings. The van der Waals surface area contributed by atoms with Crippen molar-refractivity contribution >= 4 is 17.3 Å². The molecule has 0 aliphatic carbocycles. The van der Waals surface area contributed by atoms with Crippen LogP contribution < -0.4 is 0 Å². The van der Waals surface area contributed by atoms with E-state index >= 15 is 0 Å². The summed E-state index contributed by atoms with van der Waals surface area (Å²) in [7, 11) is 0. The molecule has 6 nitrogen and oxygen atoms in total. The summed E-state index contributed by atoms with van der Waals surface area (Å²) in [6.45, 7) is 12.3. The van der Waals surface area contributed by atoms with Gasteiger partial charge in [-0.15, -0.1) is 0 Å². The minimum Gasteiger partial charge on any atom is -0.454 e. The van der Waals surface area contributed by atoms with Gasteiger partial charge in [0, 0.05) is 13.0 Å². The fourth-order valence-electron chi connectivity index (χ4n) is 2.88. The first kappa shape index (κ1) is 22.2. The van der Waals surface area contributed by atoms with Crippen LogP contribution >= 0.6 is 0 Å². The zero-order valence-electron chi connectivity index (χ0n) is 18.1. The van der Waals surface area contributed by atoms with Crippen LogP contribution in [0.15, 0.2) is 30.3 Å².